The predicted octanol–water partition coefficient (Wildman–Crippen LogP) is -0.0913. The van der Waals surface area contributed by atoms with Crippen LogP contribution in [0.25, 0.3) is 0 Å². The number of aliphatic carboxylic acids is 1. The van der Waals surface area contributed by atoms with Crippen LogP contribution in [0.5, 0.6) is 0 Å². The minimum absolute atomic E-state index is 0. The van der Waals surface area contributed by atoms with E-state index in [1.807, 2.05) is 0 Å². The molecule has 0 spiro atoms. The second-order valence-corrected chi connectivity index (χ2v) is 10.1. The summed E-state index contributed by atoms with van der Waals surface area (Å²) in [5.74, 6) is -1.22. The molecule has 4 aromatic carbocycles. The van der Waals surface area contributed by atoms with Gasteiger partial charge in [0.05, 0.1) is 5.97 Å². The molecule has 0 aliphatic heterocycles. The van der Waals surface area contributed by atoms with E-state index in [4.69, 9.17) is 27.1 Å². The summed E-state index contributed by atoms with van der Waals surface area (Å²) < 4.78 is 0. The van der Waals surface area contributed by atoms with Gasteiger partial charge in [0.15, 0.2) is 0 Å². The Hall–Kier alpha value is -3.23. The van der Waals surface area contributed by atoms with E-state index in [0.29, 0.717) is 0 Å². The Kier molecular flexibility index (Phi) is 13.8. The van der Waals surface area contributed by atoms with Gasteiger partial charge in [-0.1, -0.05) is 121 Å². The third kappa shape index (κ3) is 8.90. The molecule has 8 N–H and O–H groups in total. The molecule has 0 aromatic heterocycles. The maximum atomic E-state index is 9.13. The molecule has 0 heterocycles. The van der Waals surface area contributed by atoms with Crippen molar-refractivity contribution < 1.29 is 27.0 Å². The fourth-order valence-electron chi connectivity index (χ4n) is 5.58. The van der Waals surface area contributed by atoms with Crippen LogP contribution in [0.2, 0.25) is 0 Å². The number of hydrogen-bond acceptors (Lipinski definition) is 6. The number of hydrogen-bond donors (Lipinski definition) is 4. The van der Waals surface area contributed by atoms with E-state index < -0.39 is 12.1 Å². The van der Waals surface area contributed by atoms with Gasteiger partial charge < -0.3 is 32.8 Å². The predicted molar refractivity (Wildman–Crippen MR) is 162 cm³/mol. The van der Waals surface area contributed by atoms with Crippen molar-refractivity contribution in [2.24, 2.45) is 22.9 Å². The summed E-state index contributed by atoms with van der Waals surface area (Å²) in [5.41, 5.74) is 26.8. The number of carboxylic acids is 1. The van der Waals surface area contributed by atoms with Crippen molar-refractivity contribution in [3.8, 4) is 0 Å². The van der Waals surface area contributed by atoms with Crippen LogP contribution in [0.1, 0.15) is 19.3 Å². The molecular weight excluding hydrogens is 547 g/mol. The first-order valence-corrected chi connectivity index (χ1v) is 13.4. The van der Waals surface area contributed by atoms with Crippen molar-refractivity contribution in [2.75, 3.05) is 6.54 Å². The van der Waals surface area contributed by atoms with Crippen LogP contribution in [0.4, 0.5) is 0 Å². The molecule has 1 aliphatic rings. The average Bonchev–Trinajstić information content (AvgIpc) is 2.96. The molecule has 213 valence electrons. The second-order valence-electron chi connectivity index (χ2n) is 10.1. The zero-order valence-corrected chi connectivity index (χ0v) is 23.6. The molecular formula is C32H39BCuN4O2. The number of nitrogens with two attached hydrogens (primary N) is 4. The average molecular weight is 586 g/mol. The molecule has 1 saturated carbocycles. The number of carboxylic acid groups (broad SMARTS) is 1. The molecule has 0 amide bonds. The van der Waals surface area contributed by atoms with E-state index in [9.17, 15) is 0 Å². The number of benzene rings is 4. The molecule has 0 atom stereocenters. The summed E-state index contributed by atoms with van der Waals surface area (Å²) >= 11 is 0. The Labute approximate surface area is 248 Å². The first-order chi connectivity index (χ1) is 18.9. The van der Waals surface area contributed by atoms with Crippen molar-refractivity contribution in [1.29, 1.82) is 0 Å². The smallest absolute Gasteiger partial charge is 0.549 e. The normalized spacial score (nSPS) is 18.1. The molecule has 1 radical (unpaired) electrons. The van der Waals surface area contributed by atoms with Gasteiger partial charge in [0.1, 0.15) is 6.15 Å². The van der Waals surface area contributed by atoms with Gasteiger partial charge in [0.25, 0.3) is 0 Å². The Bertz CT molecular complexity index is 1060. The monoisotopic (exact) mass is 585 g/mol. The van der Waals surface area contributed by atoms with Gasteiger partial charge in [-0.2, -0.15) is 21.9 Å². The van der Waals surface area contributed by atoms with E-state index in [1.165, 1.54) is 21.9 Å². The quantitative estimate of drug-likeness (QED) is 0.241. The summed E-state index contributed by atoms with van der Waals surface area (Å²) in [7, 11) is 0. The molecule has 1 fully saturated rings. The molecule has 0 bridgehead atoms. The van der Waals surface area contributed by atoms with Crippen molar-refractivity contribution in [3.63, 3.8) is 0 Å². The maximum absolute atomic E-state index is 9.13. The number of carbonyl (C=O) groups is 1. The third-order valence-electron chi connectivity index (χ3n) is 7.18. The van der Waals surface area contributed by atoms with Crippen molar-refractivity contribution in [3.05, 3.63) is 121 Å². The van der Waals surface area contributed by atoms with Gasteiger partial charge in [0, 0.05) is 24.7 Å². The van der Waals surface area contributed by atoms with Gasteiger partial charge in [0.2, 0.25) is 0 Å². The summed E-state index contributed by atoms with van der Waals surface area (Å²) in [6.07, 6.45) is 1.60. The van der Waals surface area contributed by atoms with E-state index >= 15 is 0 Å². The van der Waals surface area contributed by atoms with Gasteiger partial charge >= 0.3 is 17.1 Å². The minimum Gasteiger partial charge on any atom is -0.549 e. The van der Waals surface area contributed by atoms with Crippen LogP contribution >= 0.6 is 0 Å². The molecule has 0 unspecified atom stereocenters. The fraction of sp³-hybridized carbons (Fsp3) is 0.219. The molecule has 40 heavy (non-hydrogen) atoms. The second kappa shape index (κ2) is 16.8. The molecule has 8 heteroatoms. The first-order valence-electron chi connectivity index (χ1n) is 13.4. The van der Waals surface area contributed by atoms with Crippen LogP contribution in [0.15, 0.2) is 121 Å². The fourth-order valence-corrected chi connectivity index (χ4v) is 5.58. The van der Waals surface area contributed by atoms with Crippen molar-refractivity contribution >= 4 is 34.0 Å². The topological polar surface area (TPSA) is 144 Å². The Balaban J connectivity index is 0.000000310. The van der Waals surface area contributed by atoms with Crippen molar-refractivity contribution in [2.45, 2.75) is 37.4 Å². The molecule has 5 rings (SSSR count). The molecule has 4 aromatic rings. The van der Waals surface area contributed by atoms with Gasteiger partial charge in [-0.15, -0.1) is 0 Å². The van der Waals surface area contributed by atoms with Gasteiger partial charge in [-0.25, -0.2) is 0 Å². The van der Waals surface area contributed by atoms with Crippen LogP contribution in [-0.4, -0.2) is 36.8 Å². The zero-order chi connectivity index (χ0) is 28.1. The maximum Gasteiger partial charge on any atom is 2.00 e. The zero-order valence-electron chi connectivity index (χ0n) is 22.6. The number of rotatable bonds is 5. The van der Waals surface area contributed by atoms with E-state index in [1.54, 1.807) is 0 Å². The Morgan fingerprint density at radius 1 is 0.575 bits per heavy atom. The van der Waals surface area contributed by atoms with Crippen LogP contribution in [0.3, 0.4) is 0 Å². The first kappa shape index (κ1) is 33.0. The van der Waals surface area contributed by atoms with E-state index in [0.717, 1.165) is 19.3 Å². The largest absolute Gasteiger partial charge is 2.00 e. The molecule has 6 nitrogen and oxygen atoms in total. The van der Waals surface area contributed by atoms with Crippen molar-refractivity contribution in [1.82, 2.24) is 0 Å². The summed E-state index contributed by atoms with van der Waals surface area (Å²) in [6.45, 7) is -0.389. The van der Waals surface area contributed by atoms with E-state index in [2.05, 4.69) is 127 Å². The van der Waals surface area contributed by atoms with Gasteiger partial charge in [-0.3, -0.25) is 0 Å². The summed E-state index contributed by atoms with van der Waals surface area (Å²) in [5, 5.41) is 9.13. The number of carbonyl (C=O) groups excluding carboxylic acids is 1. The van der Waals surface area contributed by atoms with Crippen LogP contribution in [0, 0.1) is 0 Å². The van der Waals surface area contributed by atoms with E-state index in [-0.39, 0.29) is 41.7 Å². The molecule has 0 saturated heterocycles. The molecule has 1 aliphatic carbocycles. The SMILES string of the molecule is NC1CC(N)CC(N)C1.NCC(=O)[O-].[Cu+2].c1ccc([B-](c2ccccc2)(c2ccccc2)c2ccccc2)cc1. The third-order valence-corrected chi connectivity index (χ3v) is 7.18. The van der Waals surface area contributed by atoms with Crippen LogP contribution in [-0.2, 0) is 21.9 Å². The Morgan fingerprint density at radius 3 is 0.950 bits per heavy atom. The summed E-state index contributed by atoms with van der Waals surface area (Å²) in [4.78, 5) is 9.13. The standard InChI is InChI=1S/C24H20B.C6H15N3.C2H5NO2.Cu/c1-5-13-21(14-6-1)25(22-15-7-2-8-16-22,23-17-9-3-10-18-23)24-19-11-4-12-20-24;7-4-1-5(8)3-6(9)2-4;3-1-2(4)5;/h1-20H;4-6H,1-3,7-9H2;1,3H2,(H,4,5);/q-1;;;+2/p-1. The Morgan fingerprint density at radius 2 is 0.775 bits per heavy atom. The summed E-state index contributed by atoms with van der Waals surface area (Å²) in [6, 6.07) is 44.2. The van der Waals surface area contributed by atoms with Gasteiger partial charge in [-0.05, 0) is 19.3 Å². The minimum atomic E-state index is -1.22. The van der Waals surface area contributed by atoms with Crippen LogP contribution < -0.4 is 49.9 Å².